The second-order valence-corrected chi connectivity index (χ2v) is 8.78. The molecule has 4 aromatic rings. The van der Waals surface area contributed by atoms with Crippen molar-refractivity contribution >= 4 is 45.7 Å². The van der Waals surface area contributed by atoms with Gasteiger partial charge in [0.05, 0.1) is 29.8 Å². The summed E-state index contributed by atoms with van der Waals surface area (Å²) in [4.78, 5) is 18.1. The monoisotopic (exact) mass is 470 g/mol. The lowest BCUT2D eigenvalue weighted by Gasteiger charge is -2.14. The zero-order chi connectivity index (χ0) is 22.0. The van der Waals surface area contributed by atoms with Crippen LogP contribution in [0.5, 0.6) is 5.75 Å². The number of hydrogen-bond donors (Lipinski definition) is 0. The van der Waals surface area contributed by atoms with Crippen LogP contribution in [0.15, 0.2) is 58.5 Å². The summed E-state index contributed by atoms with van der Waals surface area (Å²) in [6, 6.07) is 15.3. The van der Waals surface area contributed by atoms with Crippen molar-refractivity contribution < 1.29 is 9.13 Å². The summed E-state index contributed by atoms with van der Waals surface area (Å²) in [6.07, 6.45) is 0. The van der Waals surface area contributed by atoms with Crippen molar-refractivity contribution in [1.82, 2.24) is 14.1 Å². The predicted molar refractivity (Wildman–Crippen MR) is 123 cm³/mol. The van der Waals surface area contributed by atoms with Gasteiger partial charge in [0.15, 0.2) is 14.8 Å². The first-order chi connectivity index (χ1) is 15.1. The molecule has 0 atom stereocenters. The third-order valence-corrected chi connectivity index (χ3v) is 6.50. The first-order valence-electron chi connectivity index (χ1n) is 9.22. The predicted octanol–water partition coefficient (Wildman–Crippen LogP) is 5.12. The summed E-state index contributed by atoms with van der Waals surface area (Å²) in [5.74, 6) is 0.0914. The quantitative estimate of drug-likeness (QED) is 0.221. The molecule has 0 spiro atoms. The number of halogens is 1. The molecule has 0 aliphatic heterocycles. The molecule has 2 aromatic carbocycles. The van der Waals surface area contributed by atoms with Crippen LogP contribution >= 0.6 is 35.3 Å². The molecule has 0 radical (unpaired) electrons. The lowest BCUT2D eigenvalue weighted by Crippen LogP contribution is -2.22. The van der Waals surface area contributed by atoms with E-state index in [9.17, 15) is 9.18 Å². The molecular formula is C21H15FN4O2S3. The molecule has 0 bridgehead atoms. The Kier molecular flexibility index (Phi) is 6.18. The highest BCUT2D eigenvalue weighted by Gasteiger charge is 2.21. The van der Waals surface area contributed by atoms with Crippen LogP contribution in [0.25, 0.3) is 21.7 Å². The van der Waals surface area contributed by atoms with E-state index in [2.05, 4.69) is 4.98 Å². The Balaban J connectivity index is 2.06. The fraction of sp³-hybridized carbons (Fsp3) is 0.143. The Morgan fingerprint density at radius 1 is 1.19 bits per heavy atom. The summed E-state index contributed by atoms with van der Waals surface area (Å²) in [5, 5.41) is 9.27. The Morgan fingerprint density at radius 3 is 2.61 bits per heavy atom. The molecule has 0 fully saturated rings. The fourth-order valence-corrected chi connectivity index (χ4v) is 5.05. The van der Waals surface area contributed by atoms with Gasteiger partial charge >= 0.3 is 0 Å². The highest BCUT2D eigenvalue weighted by molar-refractivity contribution is 7.99. The SMILES string of the molecule is CCOc1ccccc1-n1c(=S)sc2c(=O)n(-c3ccccc3F)c(SCC#N)nc21. The lowest BCUT2D eigenvalue weighted by molar-refractivity contribution is 0.339. The van der Waals surface area contributed by atoms with Crippen molar-refractivity contribution in [3.63, 3.8) is 0 Å². The van der Waals surface area contributed by atoms with Gasteiger partial charge in [0, 0.05) is 0 Å². The third kappa shape index (κ3) is 3.87. The zero-order valence-electron chi connectivity index (χ0n) is 16.2. The number of nitrogens with zero attached hydrogens (tertiary/aromatic N) is 4. The fourth-order valence-electron chi connectivity index (χ4n) is 3.11. The summed E-state index contributed by atoms with van der Waals surface area (Å²) >= 11 is 7.72. The highest BCUT2D eigenvalue weighted by Crippen LogP contribution is 2.31. The van der Waals surface area contributed by atoms with Crippen molar-refractivity contribution in [2.24, 2.45) is 0 Å². The maximum atomic E-state index is 14.5. The summed E-state index contributed by atoms with van der Waals surface area (Å²) < 4.78 is 23.9. The maximum absolute atomic E-state index is 14.5. The van der Waals surface area contributed by atoms with Crippen LogP contribution < -0.4 is 10.3 Å². The first kappa shape index (κ1) is 21.2. The van der Waals surface area contributed by atoms with Crippen LogP contribution in [-0.4, -0.2) is 26.5 Å². The minimum absolute atomic E-state index is 0.0484. The maximum Gasteiger partial charge on any atom is 0.278 e. The van der Waals surface area contributed by atoms with Gasteiger partial charge in [-0.15, -0.1) is 0 Å². The largest absolute Gasteiger partial charge is 0.492 e. The van der Waals surface area contributed by atoms with Crippen molar-refractivity contribution in [3.05, 3.63) is 68.7 Å². The van der Waals surface area contributed by atoms with Gasteiger partial charge in [-0.05, 0) is 43.4 Å². The van der Waals surface area contributed by atoms with Gasteiger partial charge in [-0.3, -0.25) is 13.9 Å². The molecule has 0 aliphatic rings. The van der Waals surface area contributed by atoms with Gasteiger partial charge < -0.3 is 4.74 Å². The molecule has 4 rings (SSSR count). The van der Waals surface area contributed by atoms with Gasteiger partial charge in [-0.2, -0.15) is 5.26 Å². The molecule has 2 aromatic heterocycles. The molecule has 0 N–H and O–H groups in total. The van der Waals surface area contributed by atoms with Gasteiger partial charge in [0.25, 0.3) is 5.56 Å². The van der Waals surface area contributed by atoms with E-state index in [4.69, 9.17) is 22.2 Å². The Bertz CT molecular complexity index is 1440. The number of para-hydroxylation sites is 3. The van der Waals surface area contributed by atoms with E-state index in [1.54, 1.807) is 16.7 Å². The average molecular weight is 471 g/mol. The van der Waals surface area contributed by atoms with Crippen LogP contribution in [0.2, 0.25) is 0 Å². The van der Waals surface area contributed by atoms with Crippen molar-refractivity contribution in [2.45, 2.75) is 12.1 Å². The second-order valence-electron chi connectivity index (χ2n) is 6.19. The van der Waals surface area contributed by atoms with Gasteiger partial charge in [0.1, 0.15) is 16.3 Å². The van der Waals surface area contributed by atoms with E-state index in [-0.39, 0.29) is 16.6 Å². The van der Waals surface area contributed by atoms with E-state index < -0.39 is 11.4 Å². The summed E-state index contributed by atoms with van der Waals surface area (Å²) in [6.45, 7) is 2.34. The number of benzene rings is 2. The molecule has 6 nitrogen and oxygen atoms in total. The molecule has 0 amide bonds. The number of thiazole rings is 1. The molecular weight excluding hydrogens is 455 g/mol. The Labute approximate surface area is 190 Å². The van der Waals surface area contributed by atoms with E-state index in [0.717, 1.165) is 23.1 Å². The van der Waals surface area contributed by atoms with E-state index in [1.807, 2.05) is 37.3 Å². The molecule has 0 unspecified atom stereocenters. The van der Waals surface area contributed by atoms with E-state index >= 15 is 0 Å². The molecule has 0 saturated heterocycles. The molecule has 10 heteroatoms. The van der Waals surface area contributed by atoms with E-state index in [0.29, 0.717) is 32.3 Å². The van der Waals surface area contributed by atoms with Crippen LogP contribution in [0.1, 0.15) is 6.92 Å². The van der Waals surface area contributed by atoms with Gasteiger partial charge in [-0.1, -0.05) is 47.4 Å². The van der Waals surface area contributed by atoms with Crippen LogP contribution in [0.3, 0.4) is 0 Å². The first-order valence-corrected chi connectivity index (χ1v) is 11.4. The summed E-state index contributed by atoms with van der Waals surface area (Å²) in [7, 11) is 0. The smallest absolute Gasteiger partial charge is 0.278 e. The number of fused-ring (bicyclic) bond motifs is 1. The number of aromatic nitrogens is 3. The Hall–Kier alpha value is -3.00. The normalized spacial score (nSPS) is 10.9. The topological polar surface area (TPSA) is 72.8 Å². The molecule has 31 heavy (non-hydrogen) atoms. The molecule has 0 saturated carbocycles. The van der Waals surface area contributed by atoms with Crippen molar-refractivity contribution in [3.8, 4) is 23.2 Å². The number of rotatable bonds is 6. The highest BCUT2D eigenvalue weighted by atomic mass is 32.2. The number of hydrogen-bond acceptors (Lipinski definition) is 7. The molecule has 156 valence electrons. The van der Waals surface area contributed by atoms with E-state index in [1.165, 1.54) is 16.7 Å². The number of nitriles is 1. The van der Waals surface area contributed by atoms with Crippen molar-refractivity contribution in [1.29, 1.82) is 5.26 Å². The average Bonchev–Trinajstić information content (AvgIpc) is 3.10. The standard InChI is InChI=1S/C21H15FN4O2S3/c1-2-28-16-10-6-5-9-15(16)25-18-17(31-21(25)29)19(27)26(20(24-18)30-12-11-23)14-8-4-3-7-13(14)22/h3-10H,2,12H2,1H3. The molecule has 2 heterocycles. The second kappa shape index (κ2) is 9.01. The lowest BCUT2D eigenvalue weighted by atomic mass is 10.3. The van der Waals surface area contributed by atoms with Crippen LogP contribution in [0, 0.1) is 21.1 Å². The minimum Gasteiger partial charge on any atom is -0.492 e. The van der Waals surface area contributed by atoms with Gasteiger partial charge in [-0.25, -0.2) is 9.37 Å². The Morgan fingerprint density at radius 2 is 1.90 bits per heavy atom. The van der Waals surface area contributed by atoms with Crippen molar-refractivity contribution in [2.75, 3.05) is 12.4 Å². The van der Waals surface area contributed by atoms with Crippen LogP contribution in [-0.2, 0) is 0 Å². The number of thioether (sulfide) groups is 1. The number of ether oxygens (including phenoxy) is 1. The zero-order valence-corrected chi connectivity index (χ0v) is 18.7. The summed E-state index contributed by atoms with van der Waals surface area (Å²) in [5.41, 5.74) is 0.634. The van der Waals surface area contributed by atoms with Crippen LogP contribution in [0.4, 0.5) is 4.39 Å². The third-order valence-electron chi connectivity index (χ3n) is 4.34. The minimum atomic E-state index is -0.561. The molecule has 0 aliphatic carbocycles. The van der Waals surface area contributed by atoms with Gasteiger partial charge in [0.2, 0.25) is 0 Å².